The van der Waals surface area contributed by atoms with Crippen LogP contribution in [0.2, 0.25) is 5.02 Å². The minimum Gasteiger partial charge on any atom is -0.330 e. The van der Waals surface area contributed by atoms with E-state index in [-0.39, 0.29) is 0 Å². The Labute approximate surface area is 133 Å². The van der Waals surface area contributed by atoms with Crippen molar-refractivity contribution in [2.24, 2.45) is 11.7 Å². The third-order valence-electron chi connectivity index (χ3n) is 4.83. The minimum absolute atomic E-state index is 0.574. The van der Waals surface area contributed by atoms with Crippen LogP contribution in [0.3, 0.4) is 0 Å². The smallest absolute Gasteiger partial charge is 0.0863 e. The normalized spacial score (nSPS) is 23.0. The average molecular weight is 313 g/mol. The van der Waals surface area contributed by atoms with Crippen LogP contribution in [0, 0.1) is 5.92 Å². The van der Waals surface area contributed by atoms with Crippen LogP contribution in [0.4, 0.5) is 0 Å². The zero-order chi connectivity index (χ0) is 15.4. The summed E-state index contributed by atoms with van der Waals surface area (Å²) in [5, 5.41) is 5.47. The third kappa shape index (κ3) is 3.61. The van der Waals surface area contributed by atoms with Crippen molar-refractivity contribution < 1.29 is 0 Å². The van der Waals surface area contributed by atoms with E-state index < -0.39 is 0 Å². The summed E-state index contributed by atoms with van der Waals surface area (Å²) in [6.07, 6.45) is 6.02. The summed E-state index contributed by atoms with van der Waals surface area (Å²) in [4.78, 5) is 2.44. The van der Waals surface area contributed by atoms with E-state index in [9.17, 15) is 0 Å². The van der Waals surface area contributed by atoms with E-state index in [1.165, 1.54) is 25.7 Å². The van der Waals surface area contributed by atoms with Gasteiger partial charge in [0, 0.05) is 19.1 Å². The van der Waals surface area contributed by atoms with Gasteiger partial charge in [-0.1, -0.05) is 31.4 Å². The van der Waals surface area contributed by atoms with E-state index >= 15 is 0 Å². The van der Waals surface area contributed by atoms with Crippen molar-refractivity contribution in [2.75, 3.05) is 13.6 Å². The van der Waals surface area contributed by atoms with Gasteiger partial charge in [-0.25, -0.2) is 0 Å². The fourth-order valence-electron chi connectivity index (χ4n) is 3.57. The van der Waals surface area contributed by atoms with E-state index in [1.807, 2.05) is 0 Å². The number of rotatable bonds is 6. The van der Waals surface area contributed by atoms with Gasteiger partial charge in [0.1, 0.15) is 0 Å². The van der Waals surface area contributed by atoms with Crippen molar-refractivity contribution in [3.63, 3.8) is 0 Å². The highest BCUT2D eigenvalue weighted by Gasteiger charge is 2.28. The molecule has 0 radical (unpaired) electrons. The molecule has 0 aliphatic heterocycles. The van der Waals surface area contributed by atoms with E-state index in [2.05, 4.69) is 35.6 Å². The largest absolute Gasteiger partial charge is 0.330 e. The fraction of sp³-hybridized carbons (Fsp3) is 0.812. The van der Waals surface area contributed by atoms with Crippen LogP contribution in [0.25, 0.3) is 0 Å². The second-order valence-corrected chi connectivity index (χ2v) is 6.52. The number of nitrogens with two attached hydrogens (primary N) is 1. The van der Waals surface area contributed by atoms with Crippen molar-refractivity contribution in [3.05, 3.63) is 16.4 Å². The molecule has 1 aromatic heterocycles. The molecule has 21 heavy (non-hydrogen) atoms. The molecule has 5 heteroatoms. The van der Waals surface area contributed by atoms with Crippen LogP contribution < -0.4 is 5.73 Å². The number of hydrogen-bond acceptors (Lipinski definition) is 3. The van der Waals surface area contributed by atoms with Gasteiger partial charge >= 0.3 is 0 Å². The molecular weight excluding hydrogens is 284 g/mol. The molecule has 4 nitrogen and oxygen atoms in total. The Balaban J connectivity index is 2.14. The number of aromatic nitrogens is 2. The molecule has 2 rings (SSSR count). The molecule has 1 aliphatic rings. The minimum atomic E-state index is 0.574. The molecule has 1 aliphatic carbocycles. The molecule has 0 bridgehead atoms. The lowest BCUT2D eigenvalue weighted by Crippen LogP contribution is -2.43. The lowest BCUT2D eigenvalue weighted by Gasteiger charge is -2.37. The second-order valence-electron chi connectivity index (χ2n) is 6.14. The summed E-state index contributed by atoms with van der Waals surface area (Å²) in [6.45, 7) is 6.74. The summed E-state index contributed by atoms with van der Waals surface area (Å²) in [5.41, 5.74) is 8.13. The molecule has 0 saturated heterocycles. The summed E-state index contributed by atoms with van der Waals surface area (Å²) >= 11 is 6.53. The van der Waals surface area contributed by atoms with E-state index in [0.29, 0.717) is 12.0 Å². The molecule has 0 aromatic carbocycles. The van der Waals surface area contributed by atoms with Gasteiger partial charge in [0.15, 0.2) is 0 Å². The molecule has 2 N–H and O–H groups in total. The first-order valence-corrected chi connectivity index (χ1v) is 8.64. The van der Waals surface area contributed by atoms with E-state index in [4.69, 9.17) is 17.3 Å². The maximum absolute atomic E-state index is 6.53. The van der Waals surface area contributed by atoms with E-state index in [0.717, 1.165) is 42.5 Å². The molecule has 2 atom stereocenters. The average Bonchev–Trinajstić information content (AvgIpc) is 2.83. The van der Waals surface area contributed by atoms with Crippen LogP contribution in [0.15, 0.2) is 0 Å². The van der Waals surface area contributed by atoms with Crippen molar-refractivity contribution in [1.82, 2.24) is 14.7 Å². The van der Waals surface area contributed by atoms with Crippen molar-refractivity contribution in [3.8, 4) is 0 Å². The molecule has 1 fully saturated rings. The van der Waals surface area contributed by atoms with Gasteiger partial charge in [-0.2, -0.15) is 5.10 Å². The topological polar surface area (TPSA) is 47.1 Å². The SMILES string of the molecule is CCc1nn(CC)c(CN(C)C2CCCCC2CN)c1Cl. The van der Waals surface area contributed by atoms with Crippen LogP contribution in [-0.4, -0.2) is 34.3 Å². The third-order valence-corrected chi connectivity index (χ3v) is 5.27. The summed E-state index contributed by atoms with van der Waals surface area (Å²) in [7, 11) is 2.20. The number of halogens is 1. The highest BCUT2D eigenvalue weighted by atomic mass is 35.5. The lowest BCUT2D eigenvalue weighted by molar-refractivity contribution is 0.124. The first-order valence-electron chi connectivity index (χ1n) is 8.26. The molecule has 1 aromatic rings. The maximum atomic E-state index is 6.53. The highest BCUT2D eigenvalue weighted by molar-refractivity contribution is 6.31. The van der Waals surface area contributed by atoms with Gasteiger partial charge < -0.3 is 5.73 Å². The number of hydrogen-bond donors (Lipinski definition) is 1. The second kappa shape index (κ2) is 7.61. The summed E-state index contributed by atoms with van der Waals surface area (Å²) in [6, 6.07) is 0.574. The van der Waals surface area contributed by atoms with Crippen LogP contribution >= 0.6 is 11.6 Å². The highest BCUT2D eigenvalue weighted by Crippen LogP contribution is 2.30. The van der Waals surface area contributed by atoms with E-state index in [1.54, 1.807) is 0 Å². The van der Waals surface area contributed by atoms with Crippen LogP contribution in [-0.2, 0) is 19.5 Å². The number of aryl methyl sites for hydroxylation is 2. The Bertz CT molecular complexity index is 457. The Morgan fingerprint density at radius 3 is 2.67 bits per heavy atom. The van der Waals surface area contributed by atoms with Crippen LogP contribution in [0.5, 0.6) is 0 Å². The first kappa shape index (κ1) is 16.8. The lowest BCUT2D eigenvalue weighted by atomic mass is 9.83. The molecule has 2 unspecified atom stereocenters. The van der Waals surface area contributed by atoms with Gasteiger partial charge in [-0.3, -0.25) is 9.58 Å². The predicted octanol–water partition coefficient (Wildman–Crippen LogP) is 3.07. The Morgan fingerprint density at radius 2 is 2.05 bits per heavy atom. The van der Waals surface area contributed by atoms with Gasteiger partial charge in [-0.05, 0) is 45.7 Å². The molecule has 0 amide bonds. The molecule has 0 spiro atoms. The maximum Gasteiger partial charge on any atom is 0.0863 e. The van der Waals surface area contributed by atoms with Crippen LogP contribution in [0.1, 0.15) is 50.9 Å². The van der Waals surface area contributed by atoms with Crippen molar-refractivity contribution in [2.45, 2.75) is 65.1 Å². The Morgan fingerprint density at radius 1 is 1.33 bits per heavy atom. The zero-order valence-electron chi connectivity index (χ0n) is 13.6. The van der Waals surface area contributed by atoms with Gasteiger partial charge in [0.05, 0.1) is 16.4 Å². The first-order chi connectivity index (χ1) is 10.1. The molecule has 1 heterocycles. The van der Waals surface area contributed by atoms with Gasteiger partial charge in [0.2, 0.25) is 0 Å². The summed E-state index contributed by atoms with van der Waals surface area (Å²) in [5.74, 6) is 0.617. The molecule has 120 valence electrons. The fourth-order valence-corrected chi connectivity index (χ4v) is 3.89. The zero-order valence-corrected chi connectivity index (χ0v) is 14.4. The van der Waals surface area contributed by atoms with Crippen molar-refractivity contribution >= 4 is 11.6 Å². The summed E-state index contributed by atoms with van der Waals surface area (Å²) < 4.78 is 2.05. The quantitative estimate of drug-likeness (QED) is 0.878. The molecule has 1 saturated carbocycles. The molecular formula is C16H29ClN4. The number of nitrogens with zero attached hydrogens (tertiary/aromatic N) is 3. The van der Waals surface area contributed by atoms with Crippen molar-refractivity contribution in [1.29, 1.82) is 0 Å². The van der Waals surface area contributed by atoms with Gasteiger partial charge in [0.25, 0.3) is 0 Å². The standard InChI is InChI=1S/C16H29ClN4/c1-4-13-16(17)15(21(5-2)19-13)11-20(3)14-9-7-6-8-12(14)10-18/h12,14H,4-11,18H2,1-3H3. The monoisotopic (exact) mass is 312 g/mol. The predicted molar refractivity (Wildman–Crippen MR) is 88.6 cm³/mol. The Hall–Kier alpha value is -0.580. The van der Waals surface area contributed by atoms with Gasteiger partial charge in [-0.15, -0.1) is 0 Å². The Kier molecular flexibility index (Phi) is 6.08.